The topological polar surface area (TPSA) is 93.2 Å². The zero-order valence-electron chi connectivity index (χ0n) is 18.6. The van der Waals surface area contributed by atoms with Gasteiger partial charge in [-0.15, -0.1) is 0 Å². The molecular formula is C24H20ClF2N7O. The van der Waals surface area contributed by atoms with Gasteiger partial charge in [0, 0.05) is 43.3 Å². The van der Waals surface area contributed by atoms with Crippen LogP contribution in [0.25, 0.3) is 22.5 Å². The number of nitrogen functional groups attached to an aromatic ring is 1. The Morgan fingerprint density at radius 1 is 1.06 bits per heavy atom. The Kier molecular flexibility index (Phi) is 5.81. The first-order valence-electron chi connectivity index (χ1n) is 10.9. The van der Waals surface area contributed by atoms with E-state index in [1.807, 2.05) is 13.1 Å². The van der Waals surface area contributed by atoms with Crippen molar-refractivity contribution in [1.29, 1.82) is 0 Å². The lowest BCUT2D eigenvalue weighted by Gasteiger charge is -2.20. The molecule has 2 N–H and O–H groups in total. The van der Waals surface area contributed by atoms with Crippen molar-refractivity contribution in [2.75, 3.05) is 28.6 Å². The third-order valence-corrected chi connectivity index (χ3v) is 6.06. The molecular weight excluding hydrogens is 476 g/mol. The van der Waals surface area contributed by atoms with E-state index >= 15 is 0 Å². The Hall–Kier alpha value is -4.05. The van der Waals surface area contributed by atoms with Crippen LogP contribution < -0.4 is 15.5 Å². The SMILES string of the molecule is CCn1cc(-c2ccc(F)c(N3CCN(c4ccc(F)c(Cl)c4)C3=O)c2)c(-c2ccnc(N)n2)n1. The zero-order valence-corrected chi connectivity index (χ0v) is 19.4. The maximum Gasteiger partial charge on any atom is 0.329 e. The van der Waals surface area contributed by atoms with E-state index in [2.05, 4.69) is 15.1 Å². The van der Waals surface area contributed by atoms with E-state index in [9.17, 15) is 13.6 Å². The average molecular weight is 496 g/mol. The van der Waals surface area contributed by atoms with Crippen LogP contribution in [0.5, 0.6) is 0 Å². The first-order chi connectivity index (χ1) is 16.9. The summed E-state index contributed by atoms with van der Waals surface area (Å²) in [7, 11) is 0. The van der Waals surface area contributed by atoms with Gasteiger partial charge in [-0.3, -0.25) is 14.5 Å². The molecule has 5 rings (SSSR count). The Labute approximate surface area is 204 Å². The molecule has 0 bridgehead atoms. The number of urea groups is 1. The normalized spacial score (nSPS) is 13.7. The minimum Gasteiger partial charge on any atom is -0.368 e. The van der Waals surface area contributed by atoms with E-state index in [4.69, 9.17) is 17.3 Å². The third kappa shape index (κ3) is 4.17. The van der Waals surface area contributed by atoms with Gasteiger partial charge in [-0.1, -0.05) is 17.7 Å². The number of aromatic nitrogens is 4. The monoisotopic (exact) mass is 495 g/mol. The summed E-state index contributed by atoms with van der Waals surface area (Å²) < 4.78 is 30.3. The maximum atomic E-state index is 15.0. The summed E-state index contributed by atoms with van der Waals surface area (Å²) in [4.78, 5) is 24.2. The van der Waals surface area contributed by atoms with Gasteiger partial charge in [-0.25, -0.2) is 23.5 Å². The van der Waals surface area contributed by atoms with E-state index in [0.717, 1.165) is 0 Å². The smallest absolute Gasteiger partial charge is 0.329 e. The molecule has 11 heteroatoms. The fourth-order valence-corrected chi connectivity index (χ4v) is 4.20. The predicted octanol–water partition coefficient (Wildman–Crippen LogP) is 4.99. The Morgan fingerprint density at radius 2 is 1.83 bits per heavy atom. The molecule has 2 aromatic heterocycles. The minimum atomic E-state index is -0.577. The highest BCUT2D eigenvalue weighted by atomic mass is 35.5. The number of amides is 2. The number of halogens is 3. The molecule has 0 atom stereocenters. The number of nitrogens with two attached hydrogens (primary N) is 1. The van der Waals surface area contributed by atoms with E-state index in [-0.39, 0.29) is 23.2 Å². The zero-order chi connectivity index (χ0) is 24.7. The molecule has 1 aliphatic heterocycles. The van der Waals surface area contributed by atoms with Crippen molar-refractivity contribution in [3.63, 3.8) is 0 Å². The lowest BCUT2D eigenvalue weighted by Crippen LogP contribution is -2.32. The van der Waals surface area contributed by atoms with Crippen molar-refractivity contribution in [2.24, 2.45) is 0 Å². The van der Waals surface area contributed by atoms with Crippen LogP contribution in [-0.2, 0) is 6.54 Å². The van der Waals surface area contributed by atoms with E-state index in [1.54, 1.807) is 29.1 Å². The highest BCUT2D eigenvalue weighted by Gasteiger charge is 2.33. The molecule has 178 valence electrons. The van der Waals surface area contributed by atoms with Crippen LogP contribution in [0.15, 0.2) is 54.9 Å². The van der Waals surface area contributed by atoms with E-state index in [1.165, 1.54) is 34.1 Å². The first-order valence-corrected chi connectivity index (χ1v) is 11.2. The quantitative estimate of drug-likeness (QED) is 0.421. The first kappa shape index (κ1) is 22.7. The Balaban J connectivity index is 1.52. The molecule has 0 unspecified atom stereocenters. The number of aryl methyl sites for hydroxylation is 1. The second-order valence-electron chi connectivity index (χ2n) is 7.90. The van der Waals surface area contributed by atoms with Gasteiger partial charge in [0.05, 0.1) is 16.4 Å². The van der Waals surface area contributed by atoms with Crippen molar-refractivity contribution in [3.8, 4) is 22.5 Å². The lowest BCUT2D eigenvalue weighted by atomic mass is 10.0. The van der Waals surface area contributed by atoms with Crippen LogP contribution in [0.3, 0.4) is 0 Å². The molecule has 1 fully saturated rings. The van der Waals surface area contributed by atoms with Gasteiger partial charge >= 0.3 is 6.03 Å². The summed E-state index contributed by atoms with van der Waals surface area (Å²) >= 11 is 5.88. The summed E-state index contributed by atoms with van der Waals surface area (Å²) in [5.74, 6) is -1.01. The number of anilines is 3. The van der Waals surface area contributed by atoms with Gasteiger partial charge in [-0.2, -0.15) is 5.10 Å². The number of benzene rings is 2. The van der Waals surface area contributed by atoms with Gasteiger partial charge in [0.15, 0.2) is 0 Å². The van der Waals surface area contributed by atoms with Crippen molar-refractivity contribution < 1.29 is 13.6 Å². The fourth-order valence-electron chi connectivity index (χ4n) is 4.03. The molecule has 2 amide bonds. The second kappa shape index (κ2) is 8.95. The van der Waals surface area contributed by atoms with Gasteiger partial charge in [0.2, 0.25) is 5.95 Å². The Morgan fingerprint density at radius 3 is 2.57 bits per heavy atom. The summed E-state index contributed by atoms with van der Waals surface area (Å²) in [6, 6.07) is 9.86. The fraction of sp³-hybridized carbons (Fsp3) is 0.167. The standard InChI is InChI=1S/C24H20ClF2N7O/c1-2-32-13-16(22(31-32)20-7-8-29-23(28)30-20)14-3-5-19(27)21(11-14)34-10-9-33(24(34)35)15-4-6-18(26)17(25)12-15/h3-8,11-13H,2,9-10H2,1H3,(H2,28,29,30). The molecule has 35 heavy (non-hydrogen) atoms. The van der Waals surface area contributed by atoms with Crippen LogP contribution in [0, 0.1) is 11.6 Å². The van der Waals surface area contributed by atoms with Crippen LogP contribution in [0.2, 0.25) is 5.02 Å². The summed E-state index contributed by atoms with van der Waals surface area (Å²) in [6.07, 6.45) is 3.38. The van der Waals surface area contributed by atoms with Crippen LogP contribution in [0.1, 0.15) is 6.92 Å². The molecule has 1 aliphatic rings. The number of hydrogen-bond donors (Lipinski definition) is 1. The molecule has 3 heterocycles. The number of carbonyl (C=O) groups excluding carboxylic acids is 1. The van der Waals surface area contributed by atoms with E-state index in [0.29, 0.717) is 41.3 Å². The number of carbonyl (C=O) groups is 1. The molecule has 8 nitrogen and oxygen atoms in total. The van der Waals surface area contributed by atoms with Gasteiger partial charge in [-0.05, 0) is 48.9 Å². The molecule has 1 saturated heterocycles. The van der Waals surface area contributed by atoms with Gasteiger partial charge in [0.1, 0.15) is 17.3 Å². The largest absolute Gasteiger partial charge is 0.368 e. The van der Waals surface area contributed by atoms with Crippen LogP contribution in [0.4, 0.5) is 30.9 Å². The molecule has 0 saturated carbocycles. The summed E-state index contributed by atoms with van der Waals surface area (Å²) in [6.45, 7) is 3.10. The van der Waals surface area contributed by atoms with Crippen molar-refractivity contribution in [3.05, 3.63) is 71.5 Å². The molecule has 0 aliphatic carbocycles. The van der Waals surface area contributed by atoms with Crippen molar-refractivity contribution in [2.45, 2.75) is 13.5 Å². The number of hydrogen-bond acceptors (Lipinski definition) is 5. The third-order valence-electron chi connectivity index (χ3n) is 5.77. The second-order valence-corrected chi connectivity index (χ2v) is 8.30. The highest BCUT2D eigenvalue weighted by Crippen LogP contribution is 2.35. The number of rotatable bonds is 5. The molecule has 2 aromatic carbocycles. The average Bonchev–Trinajstić information content (AvgIpc) is 3.45. The number of nitrogens with zero attached hydrogens (tertiary/aromatic N) is 6. The van der Waals surface area contributed by atoms with Crippen LogP contribution >= 0.6 is 11.6 Å². The molecule has 0 spiro atoms. The maximum absolute atomic E-state index is 15.0. The summed E-state index contributed by atoms with van der Waals surface area (Å²) in [5, 5.41) is 4.50. The van der Waals surface area contributed by atoms with E-state index < -0.39 is 17.7 Å². The highest BCUT2D eigenvalue weighted by molar-refractivity contribution is 6.31. The summed E-state index contributed by atoms with van der Waals surface area (Å²) in [5.41, 5.74) is 8.78. The van der Waals surface area contributed by atoms with Crippen LogP contribution in [-0.4, -0.2) is 38.9 Å². The van der Waals surface area contributed by atoms with Crippen molar-refractivity contribution >= 4 is 35.0 Å². The van der Waals surface area contributed by atoms with Gasteiger partial charge < -0.3 is 5.73 Å². The lowest BCUT2D eigenvalue weighted by molar-refractivity contribution is 0.255. The molecule has 4 aromatic rings. The van der Waals surface area contributed by atoms with Crippen molar-refractivity contribution in [1.82, 2.24) is 19.7 Å². The Bertz CT molecular complexity index is 1440. The van der Waals surface area contributed by atoms with Gasteiger partial charge in [0.25, 0.3) is 0 Å². The molecule has 0 radical (unpaired) electrons. The predicted molar refractivity (Wildman–Crippen MR) is 130 cm³/mol. The minimum absolute atomic E-state index is 0.0900.